The third-order valence-electron chi connectivity index (χ3n) is 1.38. The zero-order chi connectivity index (χ0) is 8.97. The van der Waals surface area contributed by atoms with Crippen LogP contribution in [-0.2, 0) is 4.79 Å². The Balaban J connectivity index is 2.93. The van der Waals surface area contributed by atoms with Crippen molar-refractivity contribution in [2.75, 3.05) is 0 Å². The van der Waals surface area contributed by atoms with E-state index in [4.69, 9.17) is 11.6 Å². The lowest BCUT2D eigenvalue weighted by Crippen LogP contribution is -1.83. The summed E-state index contributed by atoms with van der Waals surface area (Å²) in [5.74, 6) is -0.0381. The Bertz CT molecular complexity index is 301. The number of halogens is 1. The van der Waals surface area contributed by atoms with Gasteiger partial charge in [0.25, 0.3) is 0 Å². The Morgan fingerprint density at radius 2 is 1.92 bits per heavy atom. The number of benzene rings is 1. The van der Waals surface area contributed by atoms with E-state index in [0.29, 0.717) is 5.03 Å². The molecule has 0 saturated heterocycles. The molecule has 0 bridgehead atoms. The van der Waals surface area contributed by atoms with Gasteiger partial charge in [-0.1, -0.05) is 41.9 Å². The van der Waals surface area contributed by atoms with E-state index in [1.54, 1.807) is 0 Å². The van der Waals surface area contributed by atoms with E-state index in [2.05, 4.69) is 0 Å². The maximum Gasteiger partial charge on any atom is 0.154 e. The van der Waals surface area contributed by atoms with Crippen LogP contribution in [0.1, 0.15) is 12.5 Å². The van der Waals surface area contributed by atoms with Gasteiger partial charge >= 0.3 is 0 Å². The van der Waals surface area contributed by atoms with Crippen molar-refractivity contribution in [3.05, 3.63) is 42.0 Å². The van der Waals surface area contributed by atoms with E-state index in [1.807, 2.05) is 30.3 Å². The van der Waals surface area contributed by atoms with Gasteiger partial charge in [-0.3, -0.25) is 4.79 Å². The van der Waals surface area contributed by atoms with Gasteiger partial charge in [-0.05, 0) is 12.5 Å². The van der Waals surface area contributed by atoms with Crippen LogP contribution in [0.5, 0.6) is 0 Å². The van der Waals surface area contributed by atoms with Crippen LogP contribution in [0, 0.1) is 0 Å². The number of carbonyl (C=O) groups excluding carboxylic acids is 1. The van der Waals surface area contributed by atoms with Crippen LogP contribution < -0.4 is 0 Å². The smallest absolute Gasteiger partial charge is 0.154 e. The summed E-state index contributed by atoms with van der Waals surface area (Å²) in [6.45, 7) is 1.48. The monoisotopic (exact) mass is 180 g/mol. The van der Waals surface area contributed by atoms with Crippen molar-refractivity contribution in [2.24, 2.45) is 0 Å². The van der Waals surface area contributed by atoms with Gasteiger partial charge in [-0.15, -0.1) is 0 Å². The van der Waals surface area contributed by atoms with Gasteiger partial charge in [0.2, 0.25) is 0 Å². The highest BCUT2D eigenvalue weighted by molar-refractivity contribution is 6.50. The molecule has 0 aliphatic carbocycles. The maximum atomic E-state index is 10.7. The van der Waals surface area contributed by atoms with Crippen LogP contribution in [0.2, 0.25) is 0 Å². The van der Waals surface area contributed by atoms with Crippen molar-refractivity contribution in [1.29, 1.82) is 0 Å². The lowest BCUT2D eigenvalue weighted by atomic mass is 10.2. The standard InChI is InChI=1S/C10H9ClO/c1-8(12)7-10(11)9-5-3-2-4-6-9/h2-7H,1H3. The first-order valence-corrected chi connectivity index (χ1v) is 4.01. The van der Waals surface area contributed by atoms with Gasteiger partial charge in [0.1, 0.15) is 0 Å². The van der Waals surface area contributed by atoms with Crippen molar-refractivity contribution in [2.45, 2.75) is 6.92 Å². The molecule has 0 aliphatic rings. The van der Waals surface area contributed by atoms with Crippen molar-refractivity contribution in [3.8, 4) is 0 Å². The summed E-state index contributed by atoms with van der Waals surface area (Å²) < 4.78 is 0. The number of hydrogen-bond donors (Lipinski definition) is 0. The first-order chi connectivity index (χ1) is 5.70. The molecule has 0 fully saturated rings. The third-order valence-corrected chi connectivity index (χ3v) is 1.71. The highest BCUT2D eigenvalue weighted by atomic mass is 35.5. The number of carbonyl (C=O) groups is 1. The molecule has 1 aromatic carbocycles. The van der Waals surface area contributed by atoms with Crippen LogP contribution in [-0.4, -0.2) is 5.78 Å². The maximum absolute atomic E-state index is 10.7. The summed E-state index contributed by atoms with van der Waals surface area (Å²) in [4.78, 5) is 10.7. The van der Waals surface area contributed by atoms with Crippen LogP contribution in [0.15, 0.2) is 36.4 Å². The van der Waals surface area contributed by atoms with E-state index in [0.717, 1.165) is 5.56 Å². The van der Waals surface area contributed by atoms with E-state index >= 15 is 0 Å². The minimum Gasteiger partial charge on any atom is -0.295 e. The molecule has 0 N–H and O–H groups in total. The van der Waals surface area contributed by atoms with Crippen molar-refractivity contribution in [1.82, 2.24) is 0 Å². The normalized spacial score (nSPS) is 11.3. The number of ketones is 1. The summed E-state index contributed by atoms with van der Waals surface area (Å²) in [6.07, 6.45) is 1.41. The van der Waals surface area contributed by atoms with Crippen LogP contribution >= 0.6 is 11.6 Å². The van der Waals surface area contributed by atoms with Gasteiger partial charge in [-0.25, -0.2) is 0 Å². The number of rotatable bonds is 2. The lowest BCUT2D eigenvalue weighted by Gasteiger charge is -1.95. The van der Waals surface area contributed by atoms with E-state index in [-0.39, 0.29) is 5.78 Å². The predicted molar refractivity (Wildman–Crippen MR) is 51.0 cm³/mol. The Labute approximate surface area is 76.7 Å². The van der Waals surface area contributed by atoms with Crippen molar-refractivity contribution >= 4 is 22.4 Å². The van der Waals surface area contributed by atoms with Gasteiger partial charge in [0.15, 0.2) is 5.78 Å². The van der Waals surface area contributed by atoms with Gasteiger partial charge < -0.3 is 0 Å². The molecule has 2 heteroatoms. The fourth-order valence-electron chi connectivity index (χ4n) is 0.859. The summed E-state index contributed by atoms with van der Waals surface area (Å²) in [7, 11) is 0. The molecule has 0 spiro atoms. The van der Waals surface area contributed by atoms with Crippen LogP contribution in [0.4, 0.5) is 0 Å². The van der Waals surface area contributed by atoms with E-state index in [9.17, 15) is 4.79 Å². The second-order valence-corrected chi connectivity index (χ2v) is 2.88. The highest BCUT2D eigenvalue weighted by Crippen LogP contribution is 2.17. The first-order valence-electron chi connectivity index (χ1n) is 3.63. The van der Waals surface area contributed by atoms with Gasteiger partial charge in [0, 0.05) is 6.08 Å². The molecule has 0 aliphatic heterocycles. The molecule has 0 saturated carbocycles. The van der Waals surface area contributed by atoms with Crippen LogP contribution in [0.3, 0.4) is 0 Å². The summed E-state index contributed by atoms with van der Waals surface area (Å²) >= 11 is 5.84. The number of hydrogen-bond acceptors (Lipinski definition) is 1. The van der Waals surface area contributed by atoms with Gasteiger partial charge in [-0.2, -0.15) is 0 Å². The molecule has 0 radical (unpaired) electrons. The Morgan fingerprint density at radius 3 is 2.42 bits per heavy atom. The molecule has 62 valence electrons. The van der Waals surface area contributed by atoms with Gasteiger partial charge in [0.05, 0.1) is 5.03 Å². The molecule has 0 amide bonds. The predicted octanol–water partition coefficient (Wildman–Crippen LogP) is 2.86. The van der Waals surface area contributed by atoms with Crippen molar-refractivity contribution in [3.63, 3.8) is 0 Å². The zero-order valence-electron chi connectivity index (χ0n) is 6.75. The first kappa shape index (κ1) is 9.01. The molecule has 0 unspecified atom stereocenters. The Morgan fingerprint density at radius 1 is 1.33 bits per heavy atom. The average molecular weight is 181 g/mol. The van der Waals surface area contributed by atoms with Crippen molar-refractivity contribution < 1.29 is 4.79 Å². The quantitative estimate of drug-likeness (QED) is 0.640. The second kappa shape index (κ2) is 4.07. The van der Waals surface area contributed by atoms with Crippen LogP contribution in [0.25, 0.3) is 5.03 Å². The molecule has 12 heavy (non-hydrogen) atoms. The molecule has 1 aromatic rings. The minimum atomic E-state index is -0.0381. The summed E-state index contributed by atoms with van der Waals surface area (Å²) in [5, 5.41) is 0.489. The molecule has 0 heterocycles. The molecule has 1 nitrogen and oxygen atoms in total. The summed E-state index contributed by atoms with van der Waals surface area (Å²) in [5.41, 5.74) is 0.870. The fraction of sp³-hybridized carbons (Fsp3) is 0.100. The molecule has 1 rings (SSSR count). The highest BCUT2D eigenvalue weighted by Gasteiger charge is 1.96. The SMILES string of the molecule is CC(=O)C=C(Cl)c1ccccc1. The third kappa shape index (κ3) is 2.51. The summed E-state index contributed by atoms with van der Waals surface area (Å²) in [6, 6.07) is 9.39. The average Bonchev–Trinajstić information content (AvgIpc) is 2.05. The van der Waals surface area contributed by atoms with E-state index < -0.39 is 0 Å². The Kier molecular flexibility index (Phi) is 3.06. The zero-order valence-corrected chi connectivity index (χ0v) is 7.51. The topological polar surface area (TPSA) is 17.1 Å². The Hall–Kier alpha value is -1.08. The molecular formula is C10H9ClO. The lowest BCUT2D eigenvalue weighted by molar-refractivity contribution is -0.112. The minimum absolute atomic E-state index is 0.0381. The molecule has 0 aromatic heterocycles. The molecular weight excluding hydrogens is 172 g/mol. The molecule has 0 atom stereocenters. The fourth-order valence-corrected chi connectivity index (χ4v) is 1.14. The largest absolute Gasteiger partial charge is 0.295 e. The number of allylic oxidation sites excluding steroid dienone is 1. The van der Waals surface area contributed by atoms with E-state index in [1.165, 1.54) is 13.0 Å². The second-order valence-electron chi connectivity index (χ2n) is 2.47.